The van der Waals surface area contributed by atoms with Crippen LogP contribution >= 0.6 is 0 Å². The first-order chi connectivity index (χ1) is 7.77. The average Bonchev–Trinajstić information content (AvgIpc) is 2.45. The zero-order valence-electron chi connectivity index (χ0n) is 10.1. The molecule has 0 spiro atoms. The molecule has 0 aromatic rings. The summed E-state index contributed by atoms with van der Waals surface area (Å²) in [4.78, 5) is 13.8. The lowest BCUT2D eigenvalue weighted by Gasteiger charge is -2.20. The fraction of sp³-hybridized carbons (Fsp3) is 0.500. The van der Waals surface area contributed by atoms with Crippen molar-refractivity contribution in [2.24, 2.45) is 0 Å². The van der Waals surface area contributed by atoms with Gasteiger partial charge in [-0.05, 0) is 25.3 Å². The fourth-order valence-electron chi connectivity index (χ4n) is 1.95. The fourth-order valence-corrected chi connectivity index (χ4v) is 1.95. The van der Waals surface area contributed by atoms with E-state index in [9.17, 15) is 4.79 Å². The summed E-state index contributed by atoms with van der Waals surface area (Å²) in [6, 6.07) is 0. The van der Waals surface area contributed by atoms with E-state index >= 15 is 0 Å². The normalized spacial score (nSPS) is 18.9. The van der Waals surface area contributed by atoms with Gasteiger partial charge in [0.15, 0.2) is 0 Å². The van der Waals surface area contributed by atoms with Crippen molar-refractivity contribution in [1.29, 1.82) is 0 Å². The minimum absolute atomic E-state index is 0.289. The molecular formula is C14H21NO. The van der Waals surface area contributed by atoms with Gasteiger partial charge in [-0.15, -0.1) is 0 Å². The number of allylic oxidation sites excluding steroid dienone is 3. The van der Waals surface area contributed by atoms with Gasteiger partial charge in [0.25, 0.3) is 0 Å². The molecule has 0 saturated carbocycles. The molecule has 0 unspecified atom stereocenters. The van der Waals surface area contributed by atoms with E-state index in [1.165, 1.54) is 6.42 Å². The molecule has 1 heterocycles. The predicted molar refractivity (Wildman–Crippen MR) is 68.1 cm³/mol. The largest absolute Gasteiger partial charge is 0.338 e. The van der Waals surface area contributed by atoms with E-state index in [0.29, 0.717) is 6.42 Å². The SMILES string of the molecule is C=C/C=C(\C=C/C)CN1CCCCCC1=O. The number of amides is 1. The van der Waals surface area contributed by atoms with Crippen LogP contribution in [0.25, 0.3) is 0 Å². The summed E-state index contributed by atoms with van der Waals surface area (Å²) in [6.45, 7) is 7.30. The Labute approximate surface area is 98.3 Å². The molecular weight excluding hydrogens is 198 g/mol. The summed E-state index contributed by atoms with van der Waals surface area (Å²) < 4.78 is 0. The van der Waals surface area contributed by atoms with Gasteiger partial charge in [0, 0.05) is 19.5 Å². The second-order valence-corrected chi connectivity index (χ2v) is 4.10. The van der Waals surface area contributed by atoms with E-state index in [4.69, 9.17) is 0 Å². The molecule has 1 fully saturated rings. The first-order valence-electron chi connectivity index (χ1n) is 6.00. The molecule has 1 aliphatic heterocycles. The quantitative estimate of drug-likeness (QED) is 0.665. The molecule has 1 aliphatic rings. The van der Waals surface area contributed by atoms with Crippen LogP contribution < -0.4 is 0 Å². The van der Waals surface area contributed by atoms with Crippen LogP contribution in [0.3, 0.4) is 0 Å². The lowest BCUT2D eigenvalue weighted by molar-refractivity contribution is -0.130. The second-order valence-electron chi connectivity index (χ2n) is 4.10. The predicted octanol–water partition coefficient (Wildman–Crippen LogP) is 3.08. The van der Waals surface area contributed by atoms with E-state index < -0.39 is 0 Å². The van der Waals surface area contributed by atoms with E-state index in [2.05, 4.69) is 6.58 Å². The second kappa shape index (κ2) is 7.04. The van der Waals surface area contributed by atoms with Crippen molar-refractivity contribution in [3.63, 3.8) is 0 Å². The zero-order valence-corrected chi connectivity index (χ0v) is 10.1. The number of likely N-dealkylation sites (tertiary alicyclic amines) is 1. The van der Waals surface area contributed by atoms with Gasteiger partial charge in [0.1, 0.15) is 0 Å². The smallest absolute Gasteiger partial charge is 0.222 e. The summed E-state index contributed by atoms with van der Waals surface area (Å²) >= 11 is 0. The molecule has 0 atom stereocenters. The minimum Gasteiger partial charge on any atom is -0.338 e. The van der Waals surface area contributed by atoms with Crippen molar-refractivity contribution in [3.05, 3.63) is 36.5 Å². The van der Waals surface area contributed by atoms with Crippen molar-refractivity contribution in [3.8, 4) is 0 Å². The summed E-state index contributed by atoms with van der Waals surface area (Å²) in [5.41, 5.74) is 1.15. The van der Waals surface area contributed by atoms with Crippen LogP contribution in [0.1, 0.15) is 32.6 Å². The Morgan fingerprint density at radius 3 is 2.94 bits per heavy atom. The maximum absolute atomic E-state index is 11.8. The summed E-state index contributed by atoms with van der Waals surface area (Å²) in [6.07, 6.45) is 11.8. The molecule has 0 aromatic heterocycles. The van der Waals surface area contributed by atoms with Gasteiger partial charge in [-0.2, -0.15) is 0 Å². The number of nitrogens with zero attached hydrogens (tertiary/aromatic N) is 1. The van der Waals surface area contributed by atoms with E-state index in [-0.39, 0.29) is 5.91 Å². The minimum atomic E-state index is 0.289. The highest BCUT2D eigenvalue weighted by atomic mass is 16.2. The molecule has 0 aliphatic carbocycles. The lowest BCUT2D eigenvalue weighted by Crippen LogP contribution is -2.31. The van der Waals surface area contributed by atoms with Crippen LogP contribution in [-0.2, 0) is 4.79 Å². The number of hydrogen-bond donors (Lipinski definition) is 0. The number of carbonyl (C=O) groups excluding carboxylic acids is 1. The Hall–Kier alpha value is -1.31. The summed E-state index contributed by atoms with van der Waals surface area (Å²) in [5.74, 6) is 0.289. The molecule has 88 valence electrons. The van der Waals surface area contributed by atoms with Crippen LogP contribution in [0.2, 0.25) is 0 Å². The van der Waals surface area contributed by atoms with Crippen molar-refractivity contribution in [2.75, 3.05) is 13.1 Å². The van der Waals surface area contributed by atoms with E-state index in [0.717, 1.165) is 31.5 Å². The van der Waals surface area contributed by atoms with Crippen LogP contribution in [-0.4, -0.2) is 23.9 Å². The molecule has 1 amide bonds. The molecule has 0 bridgehead atoms. The third kappa shape index (κ3) is 4.05. The Kier molecular flexibility index (Phi) is 5.62. The Morgan fingerprint density at radius 1 is 1.44 bits per heavy atom. The maximum Gasteiger partial charge on any atom is 0.222 e. The van der Waals surface area contributed by atoms with Gasteiger partial charge >= 0.3 is 0 Å². The number of carbonyl (C=O) groups is 1. The van der Waals surface area contributed by atoms with Crippen molar-refractivity contribution in [1.82, 2.24) is 4.90 Å². The van der Waals surface area contributed by atoms with Gasteiger partial charge in [-0.25, -0.2) is 0 Å². The Balaban J connectivity index is 2.64. The lowest BCUT2D eigenvalue weighted by atomic mass is 10.2. The van der Waals surface area contributed by atoms with Gasteiger partial charge in [-0.3, -0.25) is 4.79 Å². The van der Waals surface area contributed by atoms with Gasteiger partial charge in [-0.1, -0.05) is 37.3 Å². The highest BCUT2D eigenvalue weighted by Crippen LogP contribution is 2.13. The van der Waals surface area contributed by atoms with Crippen molar-refractivity contribution >= 4 is 5.91 Å². The van der Waals surface area contributed by atoms with Gasteiger partial charge in [0.2, 0.25) is 5.91 Å². The Bertz CT molecular complexity index is 302. The van der Waals surface area contributed by atoms with Gasteiger partial charge < -0.3 is 4.90 Å². The molecule has 0 N–H and O–H groups in total. The van der Waals surface area contributed by atoms with E-state index in [1.54, 1.807) is 6.08 Å². The first-order valence-corrected chi connectivity index (χ1v) is 6.00. The third-order valence-corrected chi connectivity index (χ3v) is 2.76. The maximum atomic E-state index is 11.8. The Morgan fingerprint density at radius 2 is 2.25 bits per heavy atom. The average molecular weight is 219 g/mol. The molecule has 2 nitrogen and oxygen atoms in total. The monoisotopic (exact) mass is 219 g/mol. The highest BCUT2D eigenvalue weighted by Gasteiger charge is 2.16. The van der Waals surface area contributed by atoms with Crippen LogP contribution in [0.4, 0.5) is 0 Å². The van der Waals surface area contributed by atoms with Crippen LogP contribution in [0.5, 0.6) is 0 Å². The van der Waals surface area contributed by atoms with Crippen molar-refractivity contribution < 1.29 is 4.79 Å². The van der Waals surface area contributed by atoms with Crippen LogP contribution in [0.15, 0.2) is 36.5 Å². The number of rotatable bonds is 4. The molecule has 0 radical (unpaired) electrons. The van der Waals surface area contributed by atoms with Crippen LogP contribution in [0, 0.1) is 0 Å². The zero-order chi connectivity index (χ0) is 11.8. The first kappa shape index (κ1) is 12.8. The molecule has 2 heteroatoms. The highest BCUT2D eigenvalue weighted by molar-refractivity contribution is 5.76. The standard InChI is InChI=1S/C14H21NO/c1-3-8-13(9-4-2)12-15-11-7-5-6-10-14(15)16/h3-4,8-9H,1,5-7,10-12H2,2H3/b9-4-,13-8+. The van der Waals surface area contributed by atoms with Gasteiger partial charge in [0.05, 0.1) is 0 Å². The number of hydrogen-bond acceptors (Lipinski definition) is 1. The summed E-state index contributed by atoms with van der Waals surface area (Å²) in [7, 11) is 0. The molecule has 0 aromatic carbocycles. The molecule has 16 heavy (non-hydrogen) atoms. The van der Waals surface area contributed by atoms with E-state index in [1.807, 2.05) is 30.1 Å². The molecule has 1 saturated heterocycles. The molecule has 1 rings (SSSR count). The third-order valence-electron chi connectivity index (χ3n) is 2.76. The topological polar surface area (TPSA) is 20.3 Å². The summed E-state index contributed by atoms with van der Waals surface area (Å²) in [5, 5.41) is 0. The van der Waals surface area contributed by atoms with Crippen molar-refractivity contribution in [2.45, 2.75) is 32.6 Å².